The van der Waals surface area contributed by atoms with Gasteiger partial charge in [0.1, 0.15) is 23.4 Å². The summed E-state index contributed by atoms with van der Waals surface area (Å²) < 4.78 is 16.5. The quantitative estimate of drug-likeness (QED) is 0.683. The Labute approximate surface area is 169 Å². The number of carbonyl (C=O) groups excluding carboxylic acids is 1. The van der Waals surface area contributed by atoms with Crippen LogP contribution in [0.4, 0.5) is 5.69 Å². The highest BCUT2D eigenvalue weighted by Crippen LogP contribution is 2.39. The van der Waals surface area contributed by atoms with E-state index in [-0.39, 0.29) is 5.91 Å². The number of nitrogens with zero attached hydrogens (tertiary/aromatic N) is 1. The van der Waals surface area contributed by atoms with Crippen molar-refractivity contribution in [2.45, 2.75) is 32.1 Å². The van der Waals surface area contributed by atoms with Gasteiger partial charge in [-0.1, -0.05) is 25.1 Å². The number of benzene rings is 2. The van der Waals surface area contributed by atoms with Crippen molar-refractivity contribution in [3.8, 4) is 11.5 Å². The third kappa shape index (κ3) is 3.71. The fourth-order valence-electron chi connectivity index (χ4n) is 3.50. The van der Waals surface area contributed by atoms with Gasteiger partial charge in [0.2, 0.25) is 0 Å². The first kappa shape index (κ1) is 19.1. The highest BCUT2D eigenvalue weighted by Gasteiger charge is 2.34. The Morgan fingerprint density at radius 3 is 2.76 bits per heavy atom. The number of hydrogen-bond donors (Lipinski definition) is 1. The first-order valence-corrected chi connectivity index (χ1v) is 9.57. The molecule has 150 valence electrons. The van der Waals surface area contributed by atoms with E-state index in [0.717, 1.165) is 11.3 Å². The molecular weight excluding hydrogens is 370 g/mol. The van der Waals surface area contributed by atoms with E-state index in [1.54, 1.807) is 42.3 Å². The van der Waals surface area contributed by atoms with Gasteiger partial charge in [0.25, 0.3) is 5.91 Å². The van der Waals surface area contributed by atoms with E-state index in [0.29, 0.717) is 35.7 Å². The summed E-state index contributed by atoms with van der Waals surface area (Å²) >= 11 is 0. The standard InChI is InChI=1S/C23H23NO5/c1-3-19-23(26)24(14-15-6-4-7-17(12-15)27-2)18-13-16(9-10-20(18)29-19)22(25)21-8-5-11-28-21/h4-13,19,22,25H,3,14H2,1-2H3/t19-,22+/m1/s1. The van der Waals surface area contributed by atoms with Crippen molar-refractivity contribution in [3.05, 3.63) is 77.7 Å². The Balaban J connectivity index is 1.72. The van der Waals surface area contributed by atoms with Crippen LogP contribution in [-0.4, -0.2) is 24.2 Å². The van der Waals surface area contributed by atoms with Crippen LogP contribution < -0.4 is 14.4 Å². The Hall–Kier alpha value is -3.25. The maximum Gasteiger partial charge on any atom is 0.268 e. The van der Waals surface area contributed by atoms with E-state index in [1.165, 1.54) is 6.26 Å². The highest BCUT2D eigenvalue weighted by atomic mass is 16.5. The van der Waals surface area contributed by atoms with Crippen molar-refractivity contribution < 1.29 is 23.8 Å². The summed E-state index contributed by atoms with van der Waals surface area (Å²) in [5.41, 5.74) is 2.20. The first-order valence-electron chi connectivity index (χ1n) is 9.57. The number of ether oxygens (including phenoxy) is 2. The molecule has 0 radical (unpaired) electrons. The van der Waals surface area contributed by atoms with Crippen molar-refractivity contribution in [3.63, 3.8) is 0 Å². The minimum atomic E-state index is -0.923. The summed E-state index contributed by atoms with van der Waals surface area (Å²) in [5, 5.41) is 10.6. The number of amides is 1. The summed E-state index contributed by atoms with van der Waals surface area (Å²) in [5.74, 6) is 1.69. The van der Waals surface area contributed by atoms with Crippen molar-refractivity contribution in [2.75, 3.05) is 12.0 Å². The number of methoxy groups -OCH3 is 1. The molecule has 2 aromatic carbocycles. The third-order valence-corrected chi connectivity index (χ3v) is 5.06. The molecule has 0 fully saturated rings. The fraction of sp³-hybridized carbons (Fsp3) is 0.261. The summed E-state index contributed by atoms with van der Waals surface area (Å²) in [6, 6.07) is 16.4. The lowest BCUT2D eigenvalue weighted by molar-refractivity contribution is -0.126. The van der Waals surface area contributed by atoms with Crippen LogP contribution in [0.25, 0.3) is 0 Å². The van der Waals surface area contributed by atoms with Crippen LogP contribution in [-0.2, 0) is 11.3 Å². The average molecular weight is 393 g/mol. The van der Waals surface area contributed by atoms with E-state index >= 15 is 0 Å². The molecule has 29 heavy (non-hydrogen) atoms. The summed E-state index contributed by atoms with van der Waals surface area (Å²) in [7, 11) is 1.61. The number of aliphatic hydroxyl groups excluding tert-OH is 1. The van der Waals surface area contributed by atoms with Gasteiger partial charge in [-0.15, -0.1) is 0 Å². The van der Waals surface area contributed by atoms with Crippen molar-refractivity contribution in [1.82, 2.24) is 0 Å². The number of carbonyl (C=O) groups is 1. The lowest BCUT2D eigenvalue weighted by Crippen LogP contribution is -2.45. The van der Waals surface area contributed by atoms with Crippen LogP contribution >= 0.6 is 0 Å². The SMILES string of the molecule is CC[C@H]1Oc2ccc([C@H](O)c3ccco3)cc2N(Cc2cccc(OC)c2)C1=O. The number of aliphatic hydroxyl groups is 1. The second-order valence-corrected chi connectivity index (χ2v) is 6.94. The lowest BCUT2D eigenvalue weighted by Gasteiger charge is -2.34. The van der Waals surface area contributed by atoms with Gasteiger partial charge in [-0.2, -0.15) is 0 Å². The van der Waals surface area contributed by atoms with Crippen LogP contribution in [0.2, 0.25) is 0 Å². The monoisotopic (exact) mass is 393 g/mol. The summed E-state index contributed by atoms with van der Waals surface area (Å²) in [4.78, 5) is 14.8. The predicted octanol–water partition coefficient (Wildman–Crippen LogP) is 4.07. The second kappa shape index (κ2) is 8.01. The van der Waals surface area contributed by atoms with E-state index < -0.39 is 12.2 Å². The smallest absolute Gasteiger partial charge is 0.268 e. The number of anilines is 1. The first-order chi connectivity index (χ1) is 14.1. The maximum atomic E-state index is 13.1. The van der Waals surface area contributed by atoms with Crippen molar-refractivity contribution in [2.24, 2.45) is 0 Å². The normalized spacial score (nSPS) is 16.9. The molecule has 1 aliphatic rings. The average Bonchev–Trinajstić information content (AvgIpc) is 3.29. The van der Waals surface area contributed by atoms with Crippen LogP contribution in [0.5, 0.6) is 11.5 Å². The Morgan fingerprint density at radius 1 is 1.17 bits per heavy atom. The number of hydrogen-bond acceptors (Lipinski definition) is 5. The zero-order valence-electron chi connectivity index (χ0n) is 16.4. The van der Waals surface area contributed by atoms with Crippen LogP contribution in [0.3, 0.4) is 0 Å². The molecule has 0 spiro atoms. The molecule has 6 heteroatoms. The Morgan fingerprint density at radius 2 is 2.03 bits per heavy atom. The molecule has 0 saturated carbocycles. The summed E-state index contributed by atoms with van der Waals surface area (Å²) in [6.07, 6.45) is 0.635. The minimum Gasteiger partial charge on any atom is -0.497 e. The van der Waals surface area contributed by atoms with E-state index in [4.69, 9.17) is 13.9 Å². The van der Waals surface area contributed by atoms with Gasteiger partial charge in [-0.25, -0.2) is 0 Å². The molecule has 0 saturated heterocycles. The van der Waals surface area contributed by atoms with Gasteiger partial charge < -0.3 is 23.9 Å². The van der Waals surface area contributed by atoms with Gasteiger partial charge in [0.15, 0.2) is 6.10 Å². The Kier molecular flexibility index (Phi) is 5.27. The van der Waals surface area contributed by atoms with Crippen LogP contribution in [0.15, 0.2) is 65.3 Å². The lowest BCUT2D eigenvalue weighted by atomic mass is 10.0. The fourth-order valence-corrected chi connectivity index (χ4v) is 3.50. The van der Waals surface area contributed by atoms with Crippen molar-refractivity contribution in [1.29, 1.82) is 0 Å². The molecule has 1 N–H and O–H groups in total. The molecule has 1 aromatic heterocycles. The molecule has 2 atom stereocenters. The maximum absolute atomic E-state index is 13.1. The molecule has 6 nitrogen and oxygen atoms in total. The van der Waals surface area contributed by atoms with E-state index in [9.17, 15) is 9.90 Å². The molecule has 4 rings (SSSR count). The van der Waals surface area contributed by atoms with Gasteiger partial charge in [0.05, 0.1) is 25.6 Å². The van der Waals surface area contributed by atoms with E-state index in [2.05, 4.69) is 0 Å². The zero-order chi connectivity index (χ0) is 20.4. The van der Waals surface area contributed by atoms with Gasteiger partial charge >= 0.3 is 0 Å². The molecule has 3 aromatic rings. The largest absolute Gasteiger partial charge is 0.497 e. The van der Waals surface area contributed by atoms with Crippen molar-refractivity contribution >= 4 is 11.6 Å². The van der Waals surface area contributed by atoms with Gasteiger partial charge in [0, 0.05) is 0 Å². The predicted molar refractivity (Wildman–Crippen MR) is 108 cm³/mol. The van der Waals surface area contributed by atoms with E-state index in [1.807, 2.05) is 31.2 Å². The number of rotatable bonds is 6. The molecule has 1 aliphatic heterocycles. The second-order valence-electron chi connectivity index (χ2n) is 6.94. The zero-order valence-corrected chi connectivity index (χ0v) is 16.4. The minimum absolute atomic E-state index is 0.104. The Bertz CT molecular complexity index is 998. The van der Waals surface area contributed by atoms with Gasteiger partial charge in [-0.05, 0) is 53.9 Å². The molecule has 0 aliphatic carbocycles. The molecule has 0 unspecified atom stereocenters. The third-order valence-electron chi connectivity index (χ3n) is 5.06. The molecule has 0 bridgehead atoms. The molecular formula is C23H23NO5. The van der Waals surface area contributed by atoms with Gasteiger partial charge in [-0.3, -0.25) is 4.79 Å². The van der Waals surface area contributed by atoms with Crippen LogP contribution in [0, 0.1) is 0 Å². The topological polar surface area (TPSA) is 72.1 Å². The number of fused-ring (bicyclic) bond motifs is 1. The molecule has 1 amide bonds. The molecule has 2 heterocycles. The summed E-state index contributed by atoms with van der Waals surface area (Å²) in [6.45, 7) is 2.30. The number of furan rings is 1. The highest BCUT2D eigenvalue weighted by molar-refractivity contribution is 6.00. The van der Waals surface area contributed by atoms with Crippen LogP contribution in [0.1, 0.15) is 36.3 Å².